The Morgan fingerprint density at radius 3 is 2.72 bits per heavy atom. The van der Waals surface area contributed by atoms with Gasteiger partial charge in [0.15, 0.2) is 5.84 Å². The number of amidine groups is 2. The van der Waals surface area contributed by atoms with Crippen molar-refractivity contribution in [1.29, 1.82) is 5.41 Å². The highest BCUT2D eigenvalue weighted by Gasteiger charge is 2.36. The van der Waals surface area contributed by atoms with Crippen LogP contribution in [0.15, 0.2) is 62.5 Å². The summed E-state index contributed by atoms with van der Waals surface area (Å²) in [6.07, 6.45) is 1.59. The molecular weight excluding hydrogens is 430 g/mol. The number of aliphatic imine (C=N–C) groups is 1. The maximum absolute atomic E-state index is 12.6. The fourth-order valence-corrected chi connectivity index (χ4v) is 4.36. The van der Waals surface area contributed by atoms with Gasteiger partial charge in [0, 0.05) is 18.7 Å². The van der Waals surface area contributed by atoms with Crippen molar-refractivity contribution in [3.63, 3.8) is 0 Å². The van der Waals surface area contributed by atoms with Gasteiger partial charge in [0.1, 0.15) is 16.6 Å². The molecule has 3 aliphatic heterocycles. The quantitative estimate of drug-likeness (QED) is 0.719. The van der Waals surface area contributed by atoms with Crippen molar-refractivity contribution in [3.8, 4) is 11.3 Å². The molecule has 2 aromatic rings. The van der Waals surface area contributed by atoms with Crippen LogP contribution in [-0.2, 0) is 14.3 Å². The van der Waals surface area contributed by atoms with Crippen molar-refractivity contribution in [3.05, 3.63) is 53.8 Å². The smallest absolute Gasteiger partial charge is 0.283 e. The van der Waals surface area contributed by atoms with Gasteiger partial charge in [-0.2, -0.15) is 15.1 Å². The number of hydrogen-bond acceptors (Lipinski definition) is 7. The molecule has 4 heterocycles. The molecule has 1 aromatic heterocycles. The van der Waals surface area contributed by atoms with Crippen LogP contribution in [0.5, 0.6) is 0 Å². The molecule has 3 aliphatic rings. The zero-order valence-corrected chi connectivity index (χ0v) is 17.8. The topological polar surface area (TPSA) is 112 Å². The summed E-state index contributed by atoms with van der Waals surface area (Å²) in [5, 5.41) is 14.9. The van der Waals surface area contributed by atoms with Gasteiger partial charge in [-0.15, -0.1) is 0 Å². The van der Waals surface area contributed by atoms with Crippen LogP contribution >= 0.6 is 11.8 Å². The number of ether oxygens (including phenoxy) is 1. The summed E-state index contributed by atoms with van der Waals surface area (Å²) in [6.45, 7) is 2.15. The summed E-state index contributed by atoms with van der Waals surface area (Å²) in [4.78, 5) is 30.9. The molecule has 2 amide bonds. The minimum Gasteiger partial charge on any atom is -0.457 e. The van der Waals surface area contributed by atoms with Gasteiger partial charge in [-0.25, -0.2) is 0 Å². The highest BCUT2D eigenvalue weighted by atomic mass is 32.2. The van der Waals surface area contributed by atoms with Crippen LogP contribution in [0.3, 0.4) is 0 Å². The van der Waals surface area contributed by atoms with Gasteiger partial charge in [0.25, 0.3) is 5.91 Å². The summed E-state index contributed by atoms with van der Waals surface area (Å²) in [7, 11) is 0. The summed E-state index contributed by atoms with van der Waals surface area (Å²) in [5.74, 6) is 0.406. The number of nitrogens with zero attached hydrogens (tertiary/aromatic N) is 4. The van der Waals surface area contributed by atoms with Crippen LogP contribution in [0, 0.1) is 5.41 Å². The fourth-order valence-electron chi connectivity index (χ4n) is 3.49. The van der Waals surface area contributed by atoms with Crippen molar-refractivity contribution in [2.75, 3.05) is 26.3 Å². The number of thioether (sulfide) groups is 1. The number of carbonyl (C=O) groups is 2. The number of nitrogens with one attached hydrogen (secondary N) is 1. The van der Waals surface area contributed by atoms with Crippen LogP contribution in [0.4, 0.5) is 0 Å². The molecule has 9 nitrogen and oxygen atoms in total. The maximum Gasteiger partial charge on any atom is 0.283 e. The molecule has 5 rings (SSSR count). The average molecular weight is 449 g/mol. The first-order valence-electron chi connectivity index (χ1n) is 10.1. The van der Waals surface area contributed by atoms with Gasteiger partial charge in [-0.3, -0.25) is 15.0 Å². The summed E-state index contributed by atoms with van der Waals surface area (Å²) in [6, 6.07) is 13.2. The molecule has 1 fully saturated rings. The van der Waals surface area contributed by atoms with E-state index < -0.39 is 5.91 Å². The van der Waals surface area contributed by atoms with E-state index in [1.54, 1.807) is 11.0 Å². The van der Waals surface area contributed by atoms with Crippen LogP contribution < -0.4 is 0 Å². The summed E-state index contributed by atoms with van der Waals surface area (Å²) < 4.78 is 11.1. The van der Waals surface area contributed by atoms with Crippen molar-refractivity contribution in [2.45, 2.75) is 6.42 Å². The number of fused-ring (bicyclic) bond motifs is 1. The van der Waals surface area contributed by atoms with Gasteiger partial charge >= 0.3 is 0 Å². The maximum atomic E-state index is 12.6. The lowest BCUT2D eigenvalue weighted by molar-refractivity contribution is -0.133. The van der Waals surface area contributed by atoms with Gasteiger partial charge in [-0.1, -0.05) is 30.3 Å². The van der Waals surface area contributed by atoms with Crippen molar-refractivity contribution < 1.29 is 18.7 Å². The number of amides is 2. The van der Waals surface area contributed by atoms with Crippen molar-refractivity contribution in [1.82, 2.24) is 9.91 Å². The largest absolute Gasteiger partial charge is 0.457 e. The Balaban J connectivity index is 1.33. The number of hydrazone groups is 1. The van der Waals surface area contributed by atoms with Crippen molar-refractivity contribution in [2.24, 2.45) is 10.1 Å². The first kappa shape index (κ1) is 20.4. The van der Waals surface area contributed by atoms with E-state index in [4.69, 9.17) is 14.6 Å². The number of hydrogen-bond donors (Lipinski definition) is 1. The lowest BCUT2D eigenvalue weighted by atomic mass is 10.1. The first-order chi connectivity index (χ1) is 15.6. The molecular formula is C22H19N5O4S. The SMILES string of the molecule is N=C1C(=Cc2ccc(-c3ccccc3)o2)C(=O)N=C2SC(CC(=O)N3CCOCC3)=NN12. The minimum absolute atomic E-state index is 0.0577. The average Bonchev–Trinajstić information content (AvgIpc) is 3.45. The second kappa shape index (κ2) is 8.56. The molecule has 0 spiro atoms. The molecule has 0 atom stereocenters. The fraction of sp³-hybridized carbons (Fsp3) is 0.227. The lowest BCUT2D eigenvalue weighted by Crippen LogP contribution is -2.41. The first-order valence-corrected chi connectivity index (χ1v) is 10.9. The number of benzene rings is 1. The van der Waals surface area contributed by atoms with Gasteiger partial charge in [-0.05, 0) is 30.0 Å². The second-order valence-electron chi connectivity index (χ2n) is 7.25. The number of morpholine rings is 1. The molecule has 10 heteroatoms. The summed E-state index contributed by atoms with van der Waals surface area (Å²) >= 11 is 1.14. The normalized spacial score (nSPS) is 19.8. The Bertz CT molecular complexity index is 1180. The molecule has 0 aliphatic carbocycles. The molecule has 0 unspecified atom stereocenters. The lowest BCUT2D eigenvalue weighted by Gasteiger charge is -2.26. The van der Waals surface area contributed by atoms with E-state index in [0.717, 1.165) is 17.3 Å². The third-order valence-corrected chi connectivity index (χ3v) is 6.04. The van der Waals surface area contributed by atoms with E-state index >= 15 is 0 Å². The predicted molar refractivity (Wildman–Crippen MR) is 121 cm³/mol. The standard InChI is InChI=1S/C22H19N5O4S/c23-20-16(12-15-6-7-17(31-15)14-4-2-1-3-5-14)21(29)24-22-27(20)25-18(32-22)13-19(28)26-8-10-30-11-9-26/h1-7,12,23H,8-11,13H2. The number of furan rings is 1. The van der Waals surface area contributed by atoms with Gasteiger partial charge in [0.05, 0.1) is 25.2 Å². The molecule has 1 N–H and O–H groups in total. The summed E-state index contributed by atoms with van der Waals surface area (Å²) in [5.41, 5.74) is 0.991. The van der Waals surface area contributed by atoms with E-state index in [1.807, 2.05) is 36.4 Å². The van der Waals surface area contributed by atoms with Crippen molar-refractivity contribution >= 4 is 45.7 Å². The van der Waals surface area contributed by atoms with Gasteiger partial charge in [0.2, 0.25) is 11.1 Å². The van der Waals surface area contributed by atoms with Crippen LogP contribution in [-0.4, -0.2) is 64.1 Å². The minimum atomic E-state index is -0.539. The Labute approximate surface area is 187 Å². The third kappa shape index (κ3) is 4.02. The Hall–Kier alpha value is -3.50. The molecule has 32 heavy (non-hydrogen) atoms. The molecule has 0 bridgehead atoms. The monoisotopic (exact) mass is 449 g/mol. The molecule has 162 valence electrons. The number of carbonyl (C=O) groups excluding carboxylic acids is 2. The van der Waals surface area contributed by atoms with E-state index in [9.17, 15) is 9.59 Å². The zero-order valence-electron chi connectivity index (χ0n) is 17.0. The Morgan fingerprint density at radius 2 is 1.94 bits per heavy atom. The Kier molecular flexibility index (Phi) is 5.46. The van der Waals surface area contributed by atoms with Crippen LogP contribution in [0.1, 0.15) is 12.2 Å². The van der Waals surface area contributed by atoms with Crippen LogP contribution in [0.25, 0.3) is 17.4 Å². The van der Waals surface area contributed by atoms with E-state index in [2.05, 4.69) is 10.1 Å². The highest BCUT2D eigenvalue weighted by Crippen LogP contribution is 2.30. The second-order valence-corrected chi connectivity index (χ2v) is 8.29. The van der Waals surface area contributed by atoms with Gasteiger partial charge < -0.3 is 14.1 Å². The Morgan fingerprint density at radius 1 is 1.16 bits per heavy atom. The van der Waals surface area contributed by atoms with E-state index in [0.29, 0.717) is 42.9 Å². The molecule has 1 aromatic carbocycles. The molecule has 0 radical (unpaired) electrons. The zero-order chi connectivity index (χ0) is 22.1. The third-order valence-electron chi connectivity index (χ3n) is 5.13. The predicted octanol–water partition coefficient (Wildman–Crippen LogP) is 2.81. The highest BCUT2D eigenvalue weighted by molar-refractivity contribution is 8.27. The van der Waals surface area contributed by atoms with E-state index in [1.165, 1.54) is 11.1 Å². The molecule has 0 saturated carbocycles. The van der Waals surface area contributed by atoms with E-state index in [-0.39, 0.29) is 28.9 Å². The van der Waals surface area contributed by atoms with Crippen LogP contribution in [0.2, 0.25) is 0 Å². The molecule has 1 saturated heterocycles. The number of rotatable bonds is 4.